The Morgan fingerprint density at radius 1 is 1.55 bits per heavy atom. The van der Waals surface area contributed by atoms with Crippen molar-refractivity contribution in [1.82, 2.24) is 10.6 Å². The maximum absolute atomic E-state index is 4.64. The lowest BCUT2D eigenvalue weighted by molar-refractivity contribution is 0.142. The number of nitrogens with one attached hydrogen (secondary N) is 1. The molecule has 1 aliphatic rings. The topological polar surface area (TPSA) is 37.4 Å². The lowest BCUT2D eigenvalue weighted by Crippen LogP contribution is -2.27. The molecule has 1 aromatic rings. The van der Waals surface area contributed by atoms with Crippen LogP contribution < -0.4 is 10.6 Å². The van der Waals surface area contributed by atoms with Crippen LogP contribution in [0.4, 0.5) is 5.82 Å². The van der Waals surface area contributed by atoms with E-state index < -0.39 is 0 Å². The van der Waals surface area contributed by atoms with Crippen LogP contribution in [-0.4, -0.2) is 4.98 Å². The molecule has 0 unspecified atom stereocenters. The Hall–Kier alpha value is -1.55. The average Bonchev–Trinajstić information content (AvgIpc) is 2.58. The average molecular weight is 148 g/mol. The Balaban J connectivity index is 2.23. The van der Waals surface area contributed by atoms with Crippen LogP contribution in [0.5, 0.6) is 0 Å². The fraction of sp³-hybridized carbons (Fsp3) is 0. The third-order valence-electron chi connectivity index (χ3n) is 1.28. The van der Waals surface area contributed by atoms with Crippen LogP contribution in [0.15, 0.2) is 30.6 Å². The van der Waals surface area contributed by atoms with Crippen LogP contribution in [0.3, 0.4) is 0 Å². The van der Waals surface area contributed by atoms with Crippen LogP contribution in [0, 0.1) is 6.26 Å². The van der Waals surface area contributed by atoms with Crippen molar-refractivity contribution in [2.45, 2.75) is 0 Å². The SMILES string of the molecule is [C]1=CN(c2ccccn2)NO1. The van der Waals surface area contributed by atoms with Crippen LogP contribution in [0.1, 0.15) is 0 Å². The minimum absolute atomic E-state index is 0.775. The van der Waals surface area contributed by atoms with Gasteiger partial charge < -0.3 is 4.84 Å². The zero-order valence-electron chi connectivity index (χ0n) is 5.69. The van der Waals surface area contributed by atoms with Crippen LogP contribution in [-0.2, 0) is 4.84 Å². The lowest BCUT2D eigenvalue weighted by Gasteiger charge is -2.10. The molecule has 0 saturated heterocycles. The summed E-state index contributed by atoms with van der Waals surface area (Å²) < 4.78 is 0. The van der Waals surface area contributed by atoms with Crippen LogP contribution in [0.2, 0.25) is 0 Å². The maximum Gasteiger partial charge on any atom is 0.213 e. The summed E-state index contributed by atoms with van der Waals surface area (Å²) in [5.41, 5.74) is 2.58. The molecule has 0 amide bonds. The van der Waals surface area contributed by atoms with Gasteiger partial charge in [0.15, 0.2) is 0 Å². The number of aromatic nitrogens is 1. The molecule has 2 rings (SSSR count). The maximum atomic E-state index is 4.64. The summed E-state index contributed by atoms with van der Waals surface area (Å²) in [5, 5.41) is 1.62. The van der Waals surface area contributed by atoms with Crippen molar-refractivity contribution in [2.24, 2.45) is 0 Å². The molecule has 2 heterocycles. The van der Waals surface area contributed by atoms with Crippen molar-refractivity contribution in [2.75, 3.05) is 5.01 Å². The van der Waals surface area contributed by atoms with Crippen LogP contribution in [0.25, 0.3) is 0 Å². The first-order chi connectivity index (χ1) is 5.47. The van der Waals surface area contributed by atoms with Crippen molar-refractivity contribution >= 4 is 5.82 Å². The largest absolute Gasteiger partial charge is 0.383 e. The van der Waals surface area contributed by atoms with E-state index in [2.05, 4.69) is 21.7 Å². The van der Waals surface area contributed by atoms with E-state index in [9.17, 15) is 0 Å². The molecule has 0 bridgehead atoms. The smallest absolute Gasteiger partial charge is 0.213 e. The zero-order valence-corrected chi connectivity index (χ0v) is 5.69. The molecule has 1 N–H and O–H groups in total. The highest BCUT2D eigenvalue weighted by Crippen LogP contribution is 2.08. The van der Waals surface area contributed by atoms with Gasteiger partial charge in [0.1, 0.15) is 5.82 Å². The van der Waals surface area contributed by atoms with E-state index in [1.807, 2.05) is 18.2 Å². The van der Waals surface area contributed by atoms with E-state index in [1.54, 1.807) is 17.4 Å². The summed E-state index contributed by atoms with van der Waals surface area (Å²) in [6.45, 7) is 0. The standard InChI is InChI=1S/C7H6N3O/c1-2-4-8-7(3-1)10-5-6-11-9-10/h1-5,9H. The third kappa shape index (κ3) is 1.15. The van der Waals surface area contributed by atoms with E-state index in [1.165, 1.54) is 0 Å². The Morgan fingerprint density at radius 2 is 2.55 bits per heavy atom. The van der Waals surface area contributed by atoms with Gasteiger partial charge in [-0.15, -0.1) is 0 Å². The number of anilines is 1. The molecule has 0 saturated carbocycles. The monoisotopic (exact) mass is 148 g/mol. The summed E-state index contributed by atoms with van der Waals surface area (Å²) >= 11 is 0. The number of rotatable bonds is 1. The van der Waals surface area contributed by atoms with Gasteiger partial charge in [-0.25, -0.2) is 9.99 Å². The van der Waals surface area contributed by atoms with Gasteiger partial charge in [-0.3, -0.25) is 0 Å². The Labute approximate surface area is 64.0 Å². The quantitative estimate of drug-likeness (QED) is 0.633. The summed E-state index contributed by atoms with van der Waals surface area (Å²) in [7, 11) is 0. The number of pyridine rings is 1. The molecule has 1 radical (unpaired) electrons. The van der Waals surface area contributed by atoms with E-state index in [-0.39, 0.29) is 0 Å². The molecule has 1 aromatic heterocycles. The second-order valence-corrected chi connectivity index (χ2v) is 2.00. The van der Waals surface area contributed by atoms with Crippen molar-refractivity contribution in [3.8, 4) is 0 Å². The molecule has 0 fully saturated rings. The van der Waals surface area contributed by atoms with Gasteiger partial charge in [0, 0.05) is 6.20 Å². The molecular weight excluding hydrogens is 142 g/mol. The Morgan fingerprint density at radius 3 is 3.18 bits per heavy atom. The fourth-order valence-corrected chi connectivity index (χ4v) is 0.790. The molecule has 0 spiro atoms. The predicted octanol–water partition coefficient (Wildman–Crippen LogP) is 0.612. The number of hydrazine groups is 1. The van der Waals surface area contributed by atoms with Crippen molar-refractivity contribution in [3.05, 3.63) is 36.9 Å². The third-order valence-corrected chi connectivity index (χ3v) is 1.28. The molecule has 4 nitrogen and oxygen atoms in total. The first kappa shape index (κ1) is 6.18. The van der Waals surface area contributed by atoms with E-state index >= 15 is 0 Å². The molecule has 4 heteroatoms. The second kappa shape index (κ2) is 2.59. The normalized spacial score (nSPS) is 15.1. The van der Waals surface area contributed by atoms with E-state index in [0.717, 1.165) is 5.82 Å². The number of hydrogen-bond donors (Lipinski definition) is 1. The summed E-state index contributed by atoms with van der Waals surface area (Å²) in [6, 6.07) is 5.61. The minimum atomic E-state index is 0.775. The molecule has 55 valence electrons. The van der Waals surface area contributed by atoms with Gasteiger partial charge in [-0.05, 0) is 12.1 Å². The number of nitrogens with zero attached hydrogens (tertiary/aromatic N) is 2. The van der Waals surface area contributed by atoms with Gasteiger partial charge in [0.2, 0.25) is 6.26 Å². The van der Waals surface area contributed by atoms with Gasteiger partial charge in [-0.2, -0.15) is 0 Å². The minimum Gasteiger partial charge on any atom is -0.383 e. The molecule has 0 atom stereocenters. The summed E-state index contributed by atoms with van der Waals surface area (Å²) in [4.78, 5) is 8.71. The van der Waals surface area contributed by atoms with Gasteiger partial charge in [0.25, 0.3) is 0 Å². The highest BCUT2D eigenvalue weighted by Gasteiger charge is 2.07. The molecular formula is C7H6N3O. The molecule has 0 aliphatic carbocycles. The Kier molecular flexibility index (Phi) is 1.46. The molecule has 1 aliphatic heterocycles. The first-order valence-corrected chi connectivity index (χ1v) is 3.17. The van der Waals surface area contributed by atoms with Crippen molar-refractivity contribution in [3.63, 3.8) is 0 Å². The van der Waals surface area contributed by atoms with Gasteiger partial charge in [-0.1, -0.05) is 11.7 Å². The first-order valence-electron chi connectivity index (χ1n) is 3.17. The second-order valence-electron chi connectivity index (χ2n) is 2.00. The molecule has 0 aromatic carbocycles. The van der Waals surface area contributed by atoms with Gasteiger partial charge in [0.05, 0.1) is 6.20 Å². The molecule has 11 heavy (non-hydrogen) atoms. The van der Waals surface area contributed by atoms with Crippen molar-refractivity contribution in [1.29, 1.82) is 0 Å². The van der Waals surface area contributed by atoms with Crippen molar-refractivity contribution < 1.29 is 4.84 Å². The summed E-state index contributed by atoms with van der Waals surface area (Å²) in [5.74, 6) is 0.775. The Bertz CT molecular complexity index is 260. The zero-order chi connectivity index (χ0) is 7.52. The number of hydrogen-bond acceptors (Lipinski definition) is 4. The highest BCUT2D eigenvalue weighted by atomic mass is 16.7. The van der Waals surface area contributed by atoms with Gasteiger partial charge >= 0.3 is 0 Å². The van der Waals surface area contributed by atoms with E-state index in [4.69, 9.17) is 0 Å². The highest BCUT2D eigenvalue weighted by molar-refractivity contribution is 5.39. The van der Waals surface area contributed by atoms with E-state index in [0.29, 0.717) is 0 Å². The predicted molar refractivity (Wildman–Crippen MR) is 38.7 cm³/mol. The summed E-state index contributed by atoms with van der Waals surface area (Å²) in [6.07, 6.45) is 5.86. The van der Waals surface area contributed by atoms with Crippen LogP contribution >= 0.6 is 0 Å². The lowest BCUT2D eigenvalue weighted by atomic mass is 10.4. The fourth-order valence-electron chi connectivity index (χ4n) is 0.790.